The summed E-state index contributed by atoms with van der Waals surface area (Å²) < 4.78 is 5.77. The topological polar surface area (TPSA) is 91.3 Å². The van der Waals surface area contributed by atoms with Crippen LogP contribution >= 0.6 is 0 Å². The SMILES string of the molecule is O=C(c1ccc2cn[nH]c2n1)N1CCO[C@H]2C[C@H](CO)C[C@@H]21. The molecule has 1 saturated heterocycles. The van der Waals surface area contributed by atoms with Gasteiger partial charge in [-0.25, -0.2) is 4.98 Å². The summed E-state index contributed by atoms with van der Waals surface area (Å²) in [6, 6.07) is 3.63. The van der Waals surface area contributed by atoms with E-state index in [1.54, 1.807) is 12.3 Å². The van der Waals surface area contributed by atoms with Crippen LogP contribution in [-0.4, -0.2) is 63.0 Å². The summed E-state index contributed by atoms with van der Waals surface area (Å²) in [6.45, 7) is 1.26. The molecule has 2 aromatic heterocycles. The van der Waals surface area contributed by atoms with Crippen LogP contribution in [-0.2, 0) is 4.74 Å². The standard InChI is InChI=1S/C15H18N4O3/c20-8-9-5-12-13(6-9)22-4-3-19(12)15(21)11-2-1-10-7-16-18-14(10)17-11/h1-2,7,9,12-13,20H,3-6,8H2,(H,16,17,18)/t9-,12+,13+/m1/s1. The second-order valence-corrected chi connectivity index (χ2v) is 6.00. The van der Waals surface area contributed by atoms with Crippen LogP contribution in [0.15, 0.2) is 18.3 Å². The van der Waals surface area contributed by atoms with Crippen molar-refractivity contribution in [2.24, 2.45) is 5.92 Å². The summed E-state index contributed by atoms with van der Waals surface area (Å²) in [5.41, 5.74) is 1.04. The van der Waals surface area contributed by atoms with E-state index >= 15 is 0 Å². The van der Waals surface area contributed by atoms with Crippen molar-refractivity contribution in [1.82, 2.24) is 20.1 Å². The number of hydrogen-bond acceptors (Lipinski definition) is 5. The fourth-order valence-corrected chi connectivity index (χ4v) is 3.54. The van der Waals surface area contributed by atoms with Crippen molar-refractivity contribution in [3.63, 3.8) is 0 Å². The van der Waals surface area contributed by atoms with Crippen LogP contribution in [0.4, 0.5) is 0 Å². The molecule has 7 heteroatoms. The fourth-order valence-electron chi connectivity index (χ4n) is 3.54. The third-order valence-corrected chi connectivity index (χ3v) is 4.67. The Bertz CT molecular complexity index is 701. The van der Waals surface area contributed by atoms with Gasteiger partial charge in [0.25, 0.3) is 5.91 Å². The van der Waals surface area contributed by atoms with Crippen molar-refractivity contribution in [2.75, 3.05) is 19.8 Å². The minimum Gasteiger partial charge on any atom is -0.396 e. The largest absolute Gasteiger partial charge is 0.396 e. The molecule has 1 saturated carbocycles. The van der Waals surface area contributed by atoms with E-state index in [0.717, 1.165) is 18.2 Å². The molecule has 0 unspecified atom stereocenters. The van der Waals surface area contributed by atoms with E-state index in [0.29, 0.717) is 24.5 Å². The lowest BCUT2D eigenvalue weighted by molar-refractivity contribution is -0.0450. The molecule has 0 radical (unpaired) electrons. The maximum atomic E-state index is 12.8. The Morgan fingerprint density at radius 3 is 3.23 bits per heavy atom. The highest BCUT2D eigenvalue weighted by molar-refractivity contribution is 5.94. The zero-order valence-electron chi connectivity index (χ0n) is 12.1. The Balaban J connectivity index is 1.60. The number of aliphatic hydroxyl groups excluding tert-OH is 1. The Hall–Kier alpha value is -1.99. The van der Waals surface area contributed by atoms with Crippen LogP contribution in [0.5, 0.6) is 0 Å². The van der Waals surface area contributed by atoms with Crippen LogP contribution in [0.25, 0.3) is 11.0 Å². The predicted molar refractivity (Wildman–Crippen MR) is 78.3 cm³/mol. The molecule has 7 nitrogen and oxygen atoms in total. The molecule has 2 aromatic rings. The smallest absolute Gasteiger partial charge is 0.272 e. The van der Waals surface area contributed by atoms with E-state index in [-0.39, 0.29) is 30.6 Å². The maximum absolute atomic E-state index is 12.8. The van der Waals surface area contributed by atoms with Gasteiger partial charge in [0, 0.05) is 18.5 Å². The molecule has 3 heterocycles. The van der Waals surface area contributed by atoms with Crippen molar-refractivity contribution >= 4 is 16.9 Å². The Morgan fingerprint density at radius 1 is 1.45 bits per heavy atom. The Kier molecular flexibility index (Phi) is 3.31. The van der Waals surface area contributed by atoms with Gasteiger partial charge < -0.3 is 14.7 Å². The van der Waals surface area contributed by atoms with Gasteiger partial charge in [0.2, 0.25) is 0 Å². The molecular formula is C15H18N4O3. The molecule has 2 fully saturated rings. The number of nitrogens with one attached hydrogen (secondary N) is 1. The van der Waals surface area contributed by atoms with Gasteiger partial charge in [0.1, 0.15) is 5.69 Å². The van der Waals surface area contributed by atoms with Gasteiger partial charge in [-0.1, -0.05) is 0 Å². The van der Waals surface area contributed by atoms with Crippen molar-refractivity contribution in [3.8, 4) is 0 Å². The quantitative estimate of drug-likeness (QED) is 0.846. The van der Waals surface area contributed by atoms with Gasteiger partial charge in [-0.3, -0.25) is 9.89 Å². The number of H-pyrrole nitrogens is 1. The Labute approximate surface area is 127 Å². The number of aromatic nitrogens is 3. The lowest BCUT2D eigenvalue weighted by Crippen LogP contribution is -2.51. The molecule has 2 aliphatic rings. The average Bonchev–Trinajstić information content (AvgIpc) is 3.18. The first kappa shape index (κ1) is 13.7. The second kappa shape index (κ2) is 5.33. The molecule has 0 aromatic carbocycles. The first-order chi connectivity index (χ1) is 10.8. The summed E-state index contributed by atoms with van der Waals surface area (Å²) in [5.74, 6) is 0.139. The second-order valence-electron chi connectivity index (χ2n) is 6.00. The number of nitrogens with zero attached hydrogens (tertiary/aromatic N) is 3. The number of aliphatic hydroxyl groups is 1. The van der Waals surface area contributed by atoms with Crippen molar-refractivity contribution in [2.45, 2.75) is 25.0 Å². The molecule has 1 aliphatic heterocycles. The highest BCUT2D eigenvalue weighted by Gasteiger charge is 2.43. The number of fused-ring (bicyclic) bond motifs is 2. The molecule has 22 heavy (non-hydrogen) atoms. The molecule has 1 aliphatic carbocycles. The van der Waals surface area contributed by atoms with Crippen LogP contribution in [0, 0.1) is 5.92 Å². The first-order valence-electron chi connectivity index (χ1n) is 7.60. The normalized spacial score (nSPS) is 28.0. The zero-order valence-corrected chi connectivity index (χ0v) is 12.1. The van der Waals surface area contributed by atoms with E-state index in [1.165, 1.54) is 0 Å². The van der Waals surface area contributed by atoms with Gasteiger partial charge in [-0.15, -0.1) is 0 Å². The maximum Gasteiger partial charge on any atom is 0.272 e. The summed E-state index contributed by atoms with van der Waals surface area (Å²) in [7, 11) is 0. The number of ether oxygens (including phenoxy) is 1. The van der Waals surface area contributed by atoms with E-state index in [4.69, 9.17) is 4.74 Å². The summed E-state index contributed by atoms with van der Waals surface area (Å²) in [5, 5.41) is 17.0. The van der Waals surface area contributed by atoms with E-state index in [1.807, 2.05) is 11.0 Å². The molecule has 4 rings (SSSR count). The van der Waals surface area contributed by atoms with Crippen LogP contribution < -0.4 is 0 Å². The number of carbonyl (C=O) groups is 1. The van der Waals surface area contributed by atoms with E-state index in [9.17, 15) is 9.90 Å². The molecule has 116 valence electrons. The minimum atomic E-state index is -0.0756. The number of amides is 1. The van der Waals surface area contributed by atoms with Crippen molar-refractivity contribution in [3.05, 3.63) is 24.0 Å². The number of rotatable bonds is 2. The van der Waals surface area contributed by atoms with Crippen molar-refractivity contribution in [1.29, 1.82) is 0 Å². The summed E-state index contributed by atoms with van der Waals surface area (Å²) in [6.07, 6.45) is 3.33. The van der Waals surface area contributed by atoms with Gasteiger partial charge in [-0.05, 0) is 30.9 Å². The third kappa shape index (κ3) is 2.17. The van der Waals surface area contributed by atoms with Crippen LogP contribution in [0.3, 0.4) is 0 Å². The average molecular weight is 302 g/mol. The molecule has 0 spiro atoms. The molecule has 2 N–H and O–H groups in total. The number of carbonyl (C=O) groups excluding carboxylic acids is 1. The minimum absolute atomic E-state index is 0.0331. The molecule has 1 amide bonds. The Morgan fingerprint density at radius 2 is 2.36 bits per heavy atom. The lowest BCUT2D eigenvalue weighted by Gasteiger charge is -2.37. The highest BCUT2D eigenvalue weighted by atomic mass is 16.5. The van der Waals surface area contributed by atoms with Crippen LogP contribution in [0.1, 0.15) is 23.3 Å². The lowest BCUT2D eigenvalue weighted by atomic mass is 10.1. The number of morpholine rings is 1. The van der Waals surface area contributed by atoms with Gasteiger partial charge in [-0.2, -0.15) is 5.10 Å². The zero-order chi connectivity index (χ0) is 15.1. The highest BCUT2D eigenvalue weighted by Crippen LogP contribution is 2.34. The number of pyridine rings is 1. The van der Waals surface area contributed by atoms with Crippen molar-refractivity contribution < 1.29 is 14.6 Å². The summed E-state index contributed by atoms with van der Waals surface area (Å²) in [4.78, 5) is 19.0. The predicted octanol–water partition coefficient (Wildman–Crippen LogP) is 0.570. The monoisotopic (exact) mass is 302 g/mol. The summed E-state index contributed by atoms with van der Waals surface area (Å²) >= 11 is 0. The number of aromatic amines is 1. The van der Waals surface area contributed by atoms with Gasteiger partial charge in [0.15, 0.2) is 5.65 Å². The molecule has 3 atom stereocenters. The van der Waals surface area contributed by atoms with Gasteiger partial charge in [0.05, 0.1) is 24.9 Å². The molecule has 0 bridgehead atoms. The van der Waals surface area contributed by atoms with E-state index in [2.05, 4.69) is 15.2 Å². The first-order valence-corrected chi connectivity index (χ1v) is 7.60. The number of hydrogen-bond donors (Lipinski definition) is 2. The fraction of sp³-hybridized carbons (Fsp3) is 0.533. The molecular weight excluding hydrogens is 284 g/mol. The van der Waals surface area contributed by atoms with Gasteiger partial charge >= 0.3 is 0 Å². The van der Waals surface area contributed by atoms with Crippen LogP contribution in [0.2, 0.25) is 0 Å². The third-order valence-electron chi connectivity index (χ3n) is 4.67. The van der Waals surface area contributed by atoms with E-state index < -0.39 is 0 Å².